The molecule has 120 valence electrons. The van der Waals surface area contributed by atoms with Gasteiger partial charge >= 0.3 is 5.97 Å². The lowest BCUT2D eigenvalue weighted by molar-refractivity contribution is -0.147. The molecular weight excluding hydrogens is 286 g/mol. The Labute approximate surface area is 129 Å². The third kappa shape index (κ3) is 4.39. The van der Waals surface area contributed by atoms with Gasteiger partial charge in [-0.3, -0.25) is 9.59 Å². The normalized spacial score (nSPS) is 14.7. The zero-order chi connectivity index (χ0) is 16.9. The molecule has 0 fully saturated rings. The van der Waals surface area contributed by atoms with Crippen molar-refractivity contribution in [3.05, 3.63) is 35.4 Å². The van der Waals surface area contributed by atoms with Crippen molar-refractivity contribution in [2.45, 2.75) is 45.3 Å². The Morgan fingerprint density at radius 3 is 2.14 bits per heavy atom. The smallest absolute Gasteiger partial charge is 0.335 e. The lowest BCUT2D eigenvalue weighted by Gasteiger charge is -2.20. The van der Waals surface area contributed by atoms with Crippen LogP contribution in [0.2, 0.25) is 0 Å². The third-order valence-corrected chi connectivity index (χ3v) is 3.59. The number of rotatable bonds is 7. The predicted molar refractivity (Wildman–Crippen MR) is 80.7 cm³/mol. The van der Waals surface area contributed by atoms with Crippen LogP contribution >= 0.6 is 0 Å². The largest absolute Gasteiger partial charge is 0.479 e. The predicted octanol–water partition coefficient (Wildman–Crippen LogP) is 1.33. The summed E-state index contributed by atoms with van der Waals surface area (Å²) in [6.45, 7) is 5.27. The van der Waals surface area contributed by atoms with Gasteiger partial charge in [0, 0.05) is 12.5 Å². The van der Waals surface area contributed by atoms with Gasteiger partial charge in [0.15, 0.2) is 11.9 Å². The molecule has 1 amide bonds. The summed E-state index contributed by atoms with van der Waals surface area (Å²) in [6.07, 6.45) is -1.04. The van der Waals surface area contributed by atoms with Gasteiger partial charge in [-0.05, 0) is 17.9 Å². The lowest BCUT2D eigenvalue weighted by Crippen LogP contribution is -2.51. The number of carboxylic acids is 1. The summed E-state index contributed by atoms with van der Waals surface area (Å²) in [4.78, 5) is 34.4. The van der Waals surface area contributed by atoms with E-state index in [-0.39, 0.29) is 5.56 Å². The Bertz CT molecular complexity index is 552. The Kier molecular flexibility index (Phi) is 6.24. The number of carboxylic acid groups (broad SMARTS) is 1. The van der Waals surface area contributed by atoms with Crippen LogP contribution in [0.5, 0.6) is 0 Å². The van der Waals surface area contributed by atoms with Crippen LogP contribution in [0.3, 0.4) is 0 Å². The minimum absolute atomic E-state index is 0.242. The number of benzene rings is 1. The fourth-order valence-corrected chi connectivity index (χ4v) is 2.04. The van der Waals surface area contributed by atoms with Gasteiger partial charge in [0.2, 0.25) is 5.91 Å². The van der Waals surface area contributed by atoms with Crippen molar-refractivity contribution < 1.29 is 24.6 Å². The summed E-state index contributed by atoms with van der Waals surface area (Å²) in [5.41, 5.74) is 1.31. The van der Waals surface area contributed by atoms with E-state index in [0.717, 1.165) is 18.9 Å². The number of nitrogens with one attached hydrogen (secondary N) is 1. The fraction of sp³-hybridized carbons (Fsp3) is 0.438. The molecule has 0 aliphatic rings. The van der Waals surface area contributed by atoms with Gasteiger partial charge in [0.1, 0.15) is 6.04 Å². The quantitative estimate of drug-likeness (QED) is 0.659. The van der Waals surface area contributed by atoms with Crippen LogP contribution in [0.1, 0.15) is 49.0 Å². The highest BCUT2D eigenvalue weighted by atomic mass is 16.4. The molecule has 3 N–H and O–H groups in total. The number of carbonyl (C=O) groups excluding carboxylic acids is 2. The SMILES string of the molecule is CCC(C)c1ccc(C(=O)C(NC(C)=O)C(O)C(=O)O)cc1. The zero-order valence-electron chi connectivity index (χ0n) is 12.9. The van der Waals surface area contributed by atoms with Crippen molar-refractivity contribution in [2.75, 3.05) is 0 Å². The molecule has 0 spiro atoms. The molecule has 3 atom stereocenters. The van der Waals surface area contributed by atoms with E-state index >= 15 is 0 Å². The summed E-state index contributed by atoms with van der Waals surface area (Å²) in [6, 6.07) is 5.23. The fourth-order valence-electron chi connectivity index (χ4n) is 2.04. The highest BCUT2D eigenvalue weighted by Crippen LogP contribution is 2.19. The van der Waals surface area contributed by atoms with Crippen LogP contribution in [0.4, 0.5) is 0 Å². The monoisotopic (exact) mass is 307 g/mol. The molecule has 1 rings (SSSR count). The number of Topliss-reactive ketones (excluding diaryl/α,β-unsaturated/α-hetero) is 1. The number of amides is 1. The van der Waals surface area contributed by atoms with Gasteiger partial charge in [-0.2, -0.15) is 0 Å². The van der Waals surface area contributed by atoms with Gasteiger partial charge in [-0.15, -0.1) is 0 Å². The Balaban J connectivity index is 3.03. The van der Waals surface area contributed by atoms with E-state index in [9.17, 15) is 19.5 Å². The molecule has 6 nitrogen and oxygen atoms in total. The minimum Gasteiger partial charge on any atom is -0.479 e. The van der Waals surface area contributed by atoms with Crippen molar-refractivity contribution in [3.63, 3.8) is 0 Å². The van der Waals surface area contributed by atoms with Crippen LogP contribution in [-0.2, 0) is 9.59 Å². The molecule has 0 heterocycles. The highest BCUT2D eigenvalue weighted by molar-refractivity contribution is 6.04. The van der Waals surface area contributed by atoms with Crippen molar-refractivity contribution in [2.24, 2.45) is 0 Å². The lowest BCUT2D eigenvalue weighted by atomic mass is 9.94. The summed E-state index contributed by atoms with van der Waals surface area (Å²) >= 11 is 0. The second-order valence-corrected chi connectivity index (χ2v) is 5.26. The average molecular weight is 307 g/mol. The molecule has 0 aliphatic heterocycles. The van der Waals surface area contributed by atoms with Crippen LogP contribution in [0.25, 0.3) is 0 Å². The maximum absolute atomic E-state index is 12.3. The van der Waals surface area contributed by atoms with Gasteiger partial charge in [0.25, 0.3) is 0 Å². The Morgan fingerprint density at radius 1 is 1.18 bits per heavy atom. The first-order valence-corrected chi connectivity index (χ1v) is 7.10. The second kappa shape index (κ2) is 7.70. The third-order valence-electron chi connectivity index (χ3n) is 3.59. The number of ketones is 1. The molecule has 1 aromatic rings. The molecule has 0 aliphatic carbocycles. The van der Waals surface area contributed by atoms with E-state index in [1.54, 1.807) is 24.3 Å². The van der Waals surface area contributed by atoms with Gasteiger partial charge in [-0.1, -0.05) is 38.1 Å². The molecule has 3 unspecified atom stereocenters. The molecule has 0 saturated heterocycles. The van der Waals surface area contributed by atoms with Crippen molar-refractivity contribution in [3.8, 4) is 0 Å². The summed E-state index contributed by atoms with van der Waals surface area (Å²) < 4.78 is 0. The topological polar surface area (TPSA) is 104 Å². The van der Waals surface area contributed by atoms with Gasteiger partial charge in [0.05, 0.1) is 0 Å². The maximum Gasteiger partial charge on any atom is 0.335 e. The first kappa shape index (κ1) is 17.8. The minimum atomic E-state index is -1.99. The maximum atomic E-state index is 12.3. The molecular formula is C16H21NO5. The van der Waals surface area contributed by atoms with Crippen molar-refractivity contribution in [1.29, 1.82) is 0 Å². The van der Waals surface area contributed by atoms with E-state index in [2.05, 4.69) is 19.2 Å². The number of aliphatic carboxylic acids is 1. The average Bonchev–Trinajstić information content (AvgIpc) is 2.50. The van der Waals surface area contributed by atoms with Crippen LogP contribution in [0, 0.1) is 0 Å². The number of hydrogen-bond donors (Lipinski definition) is 3. The van der Waals surface area contributed by atoms with Gasteiger partial charge < -0.3 is 15.5 Å². The number of hydrogen-bond acceptors (Lipinski definition) is 4. The number of aliphatic hydroxyl groups excluding tert-OH is 1. The van der Waals surface area contributed by atoms with E-state index in [0.29, 0.717) is 5.92 Å². The Morgan fingerprint density at radius 2 is 1.73 bits per heavy atom. The van der Waals surface area contributed by atoms with E-state index < -0.39 is 29.8 Å². The van der Waals surface area contributed by atoms with Crippen molar-refractivity contribution in [1.82, 2.24) is 5.32 Å². The molecule has 0 bridgehead atoms. The van der Waals surface area contributed by atoms with Crippen LogP contribution in [-0.4, -0.2) is 40.0 Å². The van der Waals surface area contributed by atoms with Crippen molar-refractivity contribution >= 4 is 17.7 Å². The second-order valence-electron chi connectivity index (χ2n) is 5.26. The molecule has 0 aromatic heterocycles. The van der Waals surface area contributed by atoms with Gasteiger partial charge in [-0.25, -0.2) is 4.79 Å². The van der Waals surface area contributed by atoms with E-state index in [1.807, 2.05) is 0 Å². The zero-order valence-corrected chi connectivity index (χ0v) is 12.9. The molecule has 0 radical (unpaired) electrons. The molecule has 0 saturated carbocycles. The first-order chi connectivity index (χ1) is 10.3. The first-order valence-electron chi connectivity index (χ1n) is 7.10. The van der Waals surface area contributed by atoms with E-state index in [1.165, 1.54) is 0 Å². The Hall–Kier alpha value is -2.21. The van der Waals surface area contributed by atoms with Crippen LogP contribution in [0.15, 0.2) is 24.3 Å². The molecule has 22 heavy (non-hydrogen) atoms. The van der Waals surface area contributed by atoms with E-state index in [4.69, 9.17) is 5.11 Å². The van der Waals surface area contributed by atoms with Crippen LogP contribution < -0.4 is 5.32 Å². The molecule has 6 heteroatoms. The summed E-state index contributed by atoms with van der Waals surface area (Å²) in [5.74, 6) is -2.45. The number of aliphatic hydroxyl groups is 1. The highest BCUT2D eigenvalue weighted by Gasteiger charge is 2.33. The standard InChI is InChI=1S/C16H21NO5/c1-4-9(2)11-5-7-12(8-6-11)14(19)13(17-10(3)18)15(20)16(21)22/h5-9,13,15,20H,4H2,1-3H3,(H,17,18)(H,21,22). The number of carbonyl (C=O) groups is 3. The summed E-state index contributed by atoms with van der Waals surface area (Å²) in [5, 5.41) is 20.7. The summed E-state index contributed by atoms with van der Waals surface area (Å²) in [7, 11) is 0. The molecule has 1 aromatic carbocycles.